The Labute approximate surface area is 150 Å². The summed E-state index contributed by atoms with van der Waals surface area (Å²) in [6, 6.07) is 8.80. The van der Waals surface area contributed by atoms with Gasteiger partial charge in [0.1, 0.15) is 5.82 Å². The minimum absolute atomic E-state index is 0.213. The highest BCUT2D eigenvalue weighted by atomic mass is 16.3. The van der Waals surface area contributed by atoms with Gasteiger partial charge < -0.3 is 14.9 Å². The van der Waals surface area contributed by atoms with Crippen molar-refractivity contribution in [3.8, 4) is 5.88 Å². The van der Waals surface area contributed by atoms with Crippen LogP contribution in [0.4, 0.5) is 5.82 Å². The SMILES string of the molecule is O=C(c1cc(O)[nH]c(=O)c1)N1CC(N2CCN(c3ccccn3)CC2)C1. The van der Waals surface area contributed by atoms with Gasteiger partial charge in [0.05, 0.1) is 5.56 Å². The molecule has 4 rings (SSSR count). The molecule has 0 saturated carbocycles. The summed E-state index contributed by atoms with van der Waals surface area (Å²) in [6.45, 7) is 5.02. The van der Waals surface area contributed by atoms with Gasteiger partial charge in [0, 0.05) is 63.6 Å². The summed E-state index contributed by atoms with van der Waals surface area (Å²) >= 11 is 0. The average molecular weight is 355 g/mol. The molecule has 2 saturated heterocycles. The molecule has 0 unspecified atom stereocenters. The summed E-state index contributed by atoms with van der Waals surface area (Å²) in [5.41, 5.74) is -0.249. The number of aromatic nitrogens is 2. The third kappa shape index (κ3) is 3.28. The maximum Gasteiger partial charge on any atom is 0.254 e. The number of H-pyrrole nitrogens is 1. The molecule has 2 fully saturated rings. The van der Waals surface area contributed by atoms with E-state index >= 15 is 0 Å². The van der Waals surface area contributed by atoms with E-state index in [1.165, 1.54) is 12.1 Å². The van der Waals surface area contributed by atoms with Crippen LogP contribution in [0.15, 0.2) is 41.3 Å². The second-order valence-electron chi connectivity index (χ2n) is 6.69. The lowest BCUT2D eigenvalue weighted by Gasteiger charge is -2.48. The smallest absolute Gasteiger partial charge is 0.254 e. The number of hydrogen-bond acceptors (Lipinski definition) is 6. The Morgan fingerprint density at radius 3 is 2.58 bits per heavy atom. The molecule has 136 valence electrons. The quantitative estimate of drug-likeness (QED) is 0.813. The predicted octanol–water partition coefficient (Wildman–Crippen LogP) is 0.122. The van der Waals surface area contributed by atoms with Gasteiger partial charge in [-0.2, -0.15) is 0 Å². The third-order valence-corrected chi connectivity index (χ3v) is 5.03. The lowest BCUT2D eigenvalue weighted by atomic mass is 10.0. The van der Waals surface area contributed by atoms with E-state index in [-0.39, 0.29) is 17.4 Å². The number of aromatic hydroxyl groups is 1. The maximum atomic E-state index is 12.4. The molecular weight excluding hydrogens is 334 g/mol. The van der Waals surface area contributed by atoms with E-state index in [0.29, 0.717) is 19.1 Å². The zero-order valence-corrected chi connectivity index (χ0v) is 14.3. The van der Waals surface area contributed by atoms with Gasteiger partial charge in [-0.05, 0) is 12.1 Å². The monoisotopic (exact) mass is 355 g/mol. The number of nitrogens with one attached hydrogen (secondary N) is 1. The molecule has 0 aromatic carbocycles. The molecule has 2 N–H and O–H groups in total. The van der Waals surface area contributed by atoms with Crippen molar-refractivity contribution < 1.29 is 9.90 Å². The van der Waals surface area contributed by atoms with Crippen LogP contribution in [0.1, 0.15) is 10.4 Å². The van der Waals surface area contributed by atoms with Crippen molar-refractivity contribution in [1.29, 1.82) is 0 Å². The van der Waals surface area contributed by atoms with Gasteiger partial charge in [0.2, 0.25) is 0 Å². The number of anilines is 1. The van der Waals surface area contributed by atoms with Gasteiger partial charge in [-0.25, -0.2) is 4.98 Å². The summed E-state index contributed by atoms with van der Waals surface area (Å²) in [5.74, 6) is 0.505. The van der Waals surface area contributed by atoms with Crippen molar-refractivity contribution >= 4 is 11.7 Å². The fourth-order valence-electron chi connectivity index (χ4n) is 3.54. The summed E-state index contributed by atoms with van der Waals surface area (Å²) in [5, 5.41) is 9.45. The number of carbonyl (C=O) groups excluding carboxylic acids is 1. The Hall–Kier alpha value is -2.87. The van der Waals surface area contributed by atoms with Crippen LogP contribution in [0.3, 0.4) is 0 Å². The van der Waals surface area contributed by atoms with Gasteiger partial charge >= 0.3 is 0 Å². The first-order chi connectivity index (χ1) is 12.6. The summed E-state index contributed by atoms with van der Waals surface area (Å²) in [4.78, 5) is 36.8. The molecule has 1 amide bonds. The van der Waals surface area contributed by atoms with Crippen LogP contribution in [0, 0.1) is 0 Å². The topological polar surface area (TPSA) is 92.8 Å². The Morgan fingerprint density at radius 1 is 1.15 bits per heavy atom. The molecule has 2 aromatic heterocycles. The Balaban J connectivity index is 1.30. The van der Waals surface area contributed by atoms with E-state index in [0.717, 1.165) is 32.0 Å². The van der Waals surface area contributed by atoms with Crippen molar-refractivity contribution in [2.75, 3.05) is 44.2 Å². The highest BCUT2D eigenvalue weighted by Crippen LogP contribution is 2.21. The van der Waals surface area contributed by atoms with Crippen molar-refractivity contribution in [2.45, 2.75) is 6.04 Å². The molecule has 26 heavy (non-hydrogen) atoms. The van der Waals surface area contributed by atoms with Crippen LogP contribution < -0.4 is 10.5 Å². The van der Waals surface area contributed by atoms with E-state index in [4.69, 9.17) is 0 Å². The first kappa shape index (κ1) is 16.6. The second kappa shape index (κ2) is 6.80. The van der Waals surface area contributed by atoms with Crippen LogP contribution in [0.25, 0.3) is 0 Å². The van der Waals surface area contributed by atoms with Crippen LogP contribution in [0.5, 0.6) is 5.88 Å². The van der Waals surface area contributed by atoms with Gasteiger partial charge in [-0.15, -0.1) is 0 Å². The lowest BCUT2D eigenvalue weighted by Crippen LogP contribution is -2.64. The van der Waals surface area contributed by atoms with Crippen molar-refractivity contribution in [1.82, 2.24) is 19.8 Å². The number of pyridine rings is 2. The fraction of sp³-hybridized carbons (Fsp3) is 0.389. The largest absolute Gasteiger partial charge is 0.494 e. The average Bonchev–Trinajstić information content (AvgIpc) is 2.61. The fourth-order valence-corrected chi connectivity index (χ4v) is 3.54. The molecule has 0 spiro atoms. The van der Waals surface area contributed by atoms with E-state index in [1.807, 2.05) is 24.4 Å². The lowest BCUT2D eigenvalue weighted by molar-refractivity contribution is 0.0246. The van der Waals surface area contributed by atoms with E-state index in [2.05, 4.69) is 19.8 Å². The van der Waals surface area contributed by atoms with Crippen molar-refractivity contribution in [3.05, 3.63) is 52.4 Å². The summed E-state index contributed by atoms with van der Waals surface area (Å²) < 4.78 is 0. The molecule has 0 bridgehead atoms. The molecule has 4 heterocycles. The molecule has 8 heteroatoms. The minimum Gasteiger partial charge on any atom is -0.494 e. The highest BCUT2D eigenvalue weighted by Gasteiger charge is 2.36. The number of carbonyl (C=O) groups is 1. The van der Waals surface area contributed by atoms with E-state index < -0.39 is 5.56 Å². The van der Waals surface area contributed by atoms with E-state index in [9.17, 15) is 14.7 Å². The Kier molecular flexibility index (Phi) is 4.34. The molecule has 8 nitrogen and oxygen atoms in total. The summed E-state index contributed by atoms with van der Waals surface area (Å²) in [6.07, 6.45) is 1.81. The second-order valence-corrected chi connectivity index (χ2v) is 6.69. The standard InChI is InChI=1S/C18H21N5O3/c24-16-9-13(10-17(25)20-16)18(26)23-11-14(12-23)21-5-7-22(8-6-21)15-3-1-2-4-19-15/h1-4,9-10,14H,5-8,11-12H2,(H2,20,24,25). The molecule has 0 atom stereocenters. The molecule has 0 aliphatic carbocycles. The van der Waals surface area contributed by atoms with Gasteiger partial charge in [0.25, 0.3) is 11.5 Å². The number of rotatable bonds is 3. The van der Waals surface area contributed by atoms with Gasteiger partial charge in [-0.1, -0.05) is 6.07 Å². The first-order valence-electron chi connectivity index (χ1n) is 8.73. The number of hydrogen-bond donors (Lipinski definition) is 2. The number of nitrogens with zero attached hydrogens (tertiary/aromatic N) is 4. The number of aromatic amines is 1. The summed E-state index contributed by atoms with van der Waals surface area (Å²) in [7, 11) is 0. The molecule has 2 aliphatic heterocycles. The first-order valence-corrected chi connectivity index (χ1v) is 8.73. The maximum absolute atomic E-state index is 12.4. The number of likely N-dealkylation sites (tertiary alicyclic amines) is 1. The number of amides is 1. The Morgan fingerprint density at radius 2 is 1.92 bits per heavy atom. The molecule has 2 aromatic rings. The molecular formula is C18H21N5O3. The zero-order valence-electron chi connectivity index (χ0n) is 14.3. The molecule has 2 aliphatic rings. The predicted molar refractivity (Wildman–Crippen MR) is 96.4 cm³/mol. The van der Waals surface area contributed by atoms with Gasteiger partial charge in [0.15, 0.2) is 5.88 Å². The van der Waals surface area contributed by atoms with Crippen molar-refractivity contribution in [2.24, 2.45) is 0 Å². The van der Waals surface area contributed by atoms with Gasteiger partial charge in [-0.3, -0.25) is 19.5 Å². The zero-order chi connectivity index (χ0) is 18.1. The Bertz CT molecular complexity index is 839. The van der Waals surface area contributed by atoms with Crippen molar-refractivity contribution in [3.63, 3.8) is 0 Å². The van der Waals surface area contributed by atoms with Crippen LogP contribution in [-0.2, 0) is 0 Å². The number of piperazine rings is 1. The highest BCUT2D eigenvalue weighted by molar-refractivity contribution is 5.95. The molecule has 0 radical (unpaired) electrons. The van der Waals surface area contributed by atoms with Crippen LogP contribution >= 0.6 is 0 Å². The normalized spacial score (nSPS) is 18.6. The van der Waals surface area contributed by atoms with Crippen LogP contribution in [-0.4, -0.2) is 76.1 Å². The van der Waals surface area contributed by atoms with E-state index in [1.54, 1.807) is 4.90 Å². The van der Waals surface area contributed by atoms with Crippen LogP contribution in [0.2, 0.25) is 0 Å². The third-order valence-electron chi connectivity index (χ3n) is 5.03. The minimum atomic E-state index is -0.476.